The Morgan fingerprint density at radius 3 is 2.29 bits per heavy atom. The summed E-state index contributed by atoms with van der Waals surface area (Å²) in [6.45, 7) is 6.67. The van der Waals surface area contributed by atoms with E-state index in [1.807, 2.05) is 12.1 Å². The Morgan fingerprint density at radius 2 is 1.71 bits per heavy atom. The fraction of sp³-hybridized carbons (Fsp3) is 0.625. The Balaban J connectivity index is 0.00000200. The topological polar surface area (TPSA) is 35.5 Å². The molecule has 2 N–H and O–H groups in total. The minimum atomic E-state index is 0. The number of unbranched alkanes of at least 4 members (excludes halogenated alkanes) is 2. The van der Waals surface area contributed by atoms with Crippen molar-refractivity contribution in [3.05, 3.63) is 29.8 Å². The van der Waals surface area contributed by atoms with Gasteiger partial charge in [-0.1, -0.05) is 38.3 Å². The van der Waals surface area contributed by atoms with E-state index in [0.717, 1.165) is 26.2 Å². The van der Waals surface area contributed by atoms with Gasteiger partial charge in [0.1, 0.15) is 5.75 Å². The molecule has 2 rings (SSSR count). The van der Waals surface area contributed by atoms with Gasteiger partial charge in [0, 0.05) is 32.2 Å². The first-order valence-corrected chi connectivity index (χ1v) is 7.55. The lowest BCUT2D eigenvalue weighted by Crippen LogP contribution is -2.45. The smallest absolute Gasteiger partial charge is 0.115 e. The van der Waals surface area contributed by atoms with Crippen molar-refractivity contribution in [2.75, 3.05) is 26.2 Å². The third-order valence-corrected chi connectivity index (χ3v) is 3.95. The van der Waals surface area contributed by atoms with Crippen LogP contribution in [-0.2, 0) is 0 Å². The van der Waals surface area contributed by atoms with Gasteiger partial charge in [-0.05, 0) is 24.1 Å². The van der Waals surface area contributed by atoms with E-state index >= 15 is 0 Å². The van der Waals surface area contributed by atoms with Gasteiger partial charge in [0.2, 0.25) is 0 Å². The molecule has 0 aliphatic carbocycles. The van der Waals surface area contributed by atoms with Crippen LogP contribution in [0.5, 0.6) is 5.75 Å². The molecule has 122 valence electrons. The van der Waals surface area contributed by atoms with Crippen LogP contribution in [0.1, 0.15) is 44.2 Å². The Kier molecular flexibility index (Phi) is 10.9. The van der Waals surface area contributed by atoms with Crippen LogP contribution in [0.4, 0.5) is 0 Å². The van der Waals surface area contributed by atoms with E-state index in [4.69, 9.17) is 0 Å². The molecule has 1 fully saturated rings. The molecule has 0 amide bonds. The number of rotatable bonds is 6. The van der Waals surface area contributed by atoms with Crippen molar-refractivity contribution >= 4 is 24.8 Å². The Bertz CT molecular complexity index is 367. The fourth-order valence-electron chi connectivity index (χ4n) is 2.84. The molecule has 1 aliphatic heterocycles. The van der Waals surface area contributed by atoms with Crippen molar-refractivity contribution in [3.63, 3.8) is 0 Å². The van der Waals surface area contributed by atoms with Crippen LogP contribution in [0.3, 0.4) is 0 Å². The summed E-state index contributed by atoms with van der Waals surface area (Å²) in [6.07, 6.45) is 5.08. The van der Waals surface area contributed by atoms with Gasteiger partial charge in [0.05, 0.1) is 0 Å². The second-order valence-electron chi connectivity index (χ2n) is 5.39. The van der Waals surface area contributed by atoms with Gasteiger partial charge in [0.25, 0.3) is 0 Å². The fourth-order valence-corrected chi connectivity index (χ4v) is 2.84. The van der Waals surface area contributed by atoms with E-state index in [9.17, 15) is 5.11 Å². The van der Waals surface area contributed by atoms with Gasteiger partial charge in [0.15, 0.2) is 0 Å². The quantitative estimate of drug-likeness (QED) is 0.777. The molecular weight excluding hydrogens is 307 g/mol. The highest BCUT2D eigenvalue weighted by atomic mass is 35.5. The highest BCUT2D eigenvalue weighted by Crippen LogP contribution is 2.28. The molecular formula is C16H28Cl2N2O. The van der Waals surface area contributed by atoms with Crippen LogP contribution in [0.15, 0.2) is 24.3 Å². The number of halogens is 2. The van der Waals surface area contributed by atoms with Crippen molar-refractivity contribution in [2.24, 2.45) is 0 Å². The Morgan fingerprint density at radius 1 is 1.10 bits per heavy atom. The second-order valence-corrected chi connectivity index (χ2v) is 5.39. The summed E-state index contributed by atoms with van der Waals surface area (Å²) in [5.41, 5.74) is 1.34. The van der Waals surface area contributed by atoms with Crippen LogP contribution in [-0.4, -0.2) is 36.2 Å². The second kappa shape index (κ2) is 11.1. The number of nitrogens with one attached hydrogen (secondary N) is 1. The van der Waals surface area contributed by atoms with Gasteiger partial charge in [-0.3, -0.25) is 4.90 Å². The van der Waals surface area contributed by atoms with E-state index < -0.39 is 0 Å². The lowest BCUT2D eigenvalue weighted by atomic mass is 9.98. The Hall–Kier alpha value is -0.480. The maximum absolute atomic E-state index is 9.44. The zero-order valence-electron chi connectivity index (χ0n) is 12.8. The SMILES string of the molecule is CCCCC[C@H](c1ccc(O)cc1)N1CCNCC1.Cl.Cl. The highest BCUT2D eigenvalue weighted by molar-refractivity contribution is 5.85. The number of benzene rings is 1. The largest absolute Gasteiger partial charge is 0.508 e. The molecule has 5 heteroatoms. The summed E-state index contributed by atoms with van der Waals surface area (Å²) >= 11 is 0. The van der Waals surface area contributed by atoms with Crippen LogP contribution in [0, 0.1) is 0 Å². The van der Waals surface area contributed by atoms with Gasteiger partial charge in [-0.15, -0.1) is 24.8 Å². The maximum atomic E-state index is 9.44. The number of piperazine rings is 1. The van der Waals surface area contributed by atoms with E-state index in [1.165, 1.54) is 31.2 Å². The van der Waals surface area contributed by atoms with Crippen LogP contribution >= 0.6 is 24.8 Å². The summed E-state index contributed by atoms with van der Waals surface area (Å²) in [6, 6.07) is 8.28. The van der Waals surface area contributed by atoms with Gasteiger partial charge < -0.3 is 10.4 Å². The molecule has 1 aromatic rings. The molecule has 1 heterocycles. The minimum absolute atomic E-state index is 0. The molecule has 0 radical (unpaired) electrons. The monoisotopic (exact) mass is 334 g/mol. The molecule has 0 aromatic heterocycles. The molecule has 1 saturated heterocycles. The molecule has 0 bridgehead atoms. The third-order valence-electron chi connectivity index (χ3n) is 3.95. The molecule has 21 heavy (non-hydrogen) atoms. The average Bonchev–Trinajstić information content (AvgIpc) is 2.46. The first-order valence-electron chi connectivity index (χ1n) is 7.55. The van der Waals surface area contributed by atoms with Crippen molar-refractivity contribution in [1.82, 2.24) is 10.2 Å². The number of phenols is 1. The Labute approximate surface area is 140 Å². The number of phenolic OH excluding ortho intramolecular Hbond substituents is 1. The lowest BCUT2D eigenvalue weighted by molar-refractivity contribution is 0.162. The summed E-state index contributed by atoms with van der Waals surface area (Å²) in [5, 5.41) is 12.9. The predicted molar refractivity (Wildman–Crippen MR) is 93.9 cm³/mol. The molecule has 0 unspecified atom stereocenters. The van der Waals surface area contributed by atoms with Crippen molar-refractivity contribution < 1.29 is 5.11 Å². The lowest BCUT2D eigenvalue weighted by Gasteiger charge is -2.35. The van der Waals surface area contributed by atoms with Crippen LogP contribution in [0.25, 0.3) is 0 Å². The van der Waals surface area contributed by atoms with Gasteiger partial charge in [-0.25, -0.2) is 0 Å². The van der Waals surface area contributed by atoms with Crippen LogP contribution < -0.4 is 5.32 Å². The van der Waals surface area contributed by atoms with Crippen LogP contribution in [0.2, 0.25) is 0 Å². The number of nitrogens with zero attached hydrogens (tertiary/aromatic N) is 1. The zero-order valence-corrected chi connectivity index (χ0v) is 14.4. The summed E-state index contributed by atoms with van der Waals surface area (Å²) in [7, 11) is 0. The first kappa shape index (κ1) is 20.5. The van der Waals surface area contributed by atoms with E-state index in [1.54, 1.807) is 0 Å². The number of hydrogen-bond acceptors (Lipinski definition) is 3. The number of hydrogen-bond donors (Lipinski definition) is 2. The molecule has 0 saturated carbocycles. The maximum Gasteiger partial charge on any atom is 0.115 e. The minimum Gasteiger partial charge on any atom is -0.508 e. The molecule has 3 nitrogen and oxygen atoms in total. The average molecular weight is 335 g/mol. The number of aromatic hydroxyl groups is 1. The first-order chi connectivity index (χ1) is 9.31. The summed E-state index contributed by atoms with van der Waals surface area (Å²) < 4.78 is 0. The van der Waals surface area contributed by atoms with Crippen molar-refractivity contribution in [3.8, 4) is 5.75 Å². The summed E-state index contributed by atoms with van der Waals surface area (Å²) in [5.74, 6) is 0.358. The highest BCUT2D eigenvalue weighted by Gasteiger charge is 2.21. The van der Waals surface area contributed by atoms with E-state index in [2.05, 4.69) is 29.3 Å². The van der Waals surface area contributed by atoms with Crippen molar-refractivity contribution in [2.45, 2.75) is 38.6 Å². The van der Waals surface area contributed by atoms with Gasteiger partial charge >= 0.3 is 0 Å². The molecule has 1 atom stereocenters. The third kappa shape index (κ3) is 6.43. The van der Waals surface area contributed by atoms with E-state index in [-0.39, 0.29) is 24.8 Å². The van der Waals surface area contributed by atoms with Crippen molar-refractivity contribution in [1.29, 1.82) is 0 Å². The summed E-state index contributed by atoms with van der Waals surface area (Å²) in [4.78, 5) is 2.58. The standard InChI is InChI=1S/C16H26N2O.2ClH/c1-2-3-4-5-16(18-12-10-17-11-13-18)14-6-8-15(19)9-7-14;;/h6-9,16-17,19H,2-5,10-13H2,1H3;2*1H/t16-;;/m1../s1. The predicted octanol–water partition coefficient (Wildman–Crippen LogP) is 3.76. The molecule has 0 spiro atoms. The normalized spacial score (nSPS) is 16.6. The van der Waals surface area contributed by atoms with Gasteiger partial charge in [-0.2, -0.15) is 0 Å². The molecule has 1 aromatic carbocycles. The zero-order chi connectivity index (χ0) is 13.5. The van der Waals surface area contributed by atoms with E-state index in [0.29, 0.717) is 11.8 Å². The molecule has 1 aliphatic rings.